The summed E-state index contributed by atoms with van der Waals surface area (Å²) in [5, 5.41) is 0. The molecule has 5 nitrogen and oxygen atoms in total. The molecule has 0 amide bonds. The Bertz CT molecular complexity index is 257. The summed E-state index contributed by atoms with van der Waals surface area (Å²) in [5.41, 5.74) is -0.211. The first-order chi connectivity index (χ1) is 7.67. The minimum Gasteiger partial charge on any atom is -0.500 e. The van der Waals surface area contributed by atoms with Gasteiger partial charge in [-0.2, -0.15) is 0 Å². The van der Waals surface area contributed by atoms with Crippen molar-refractivity contribution in [2.45, 2.75) is 27.2 Å². The number of carbonyl (C=O) groups is 2. The van der Waals surface area contributed by atoms with Crippen LogP contribution in [0.1, 0.15) is 27.2 Å². The first-order valence-electron chi connectivity index (χ1n) is 5.33. The van der Waals surface area contributed by atoms with E-state index in [9.17, 15) is 9.59 Å². The van der Waals surface area contributed by atoms with E-state index in [4.69, 9.17) is 14.2 Å². The maximum Gasteiger partial charge on any atom is 0.348 e. The van der Waals surface area contributed by atoms with Crippen LogP contribution in [0.5, 0.6) is 0 Å². The van der Waals surface area contributed by atoms with Gasteiger partial charge in [0, 0.05) is 0 Å². The first-order valence-corrected chi connectivity index (χ1v) is 5.33. The van der Waals surface area contributed by atoms with Crippen LogP contribution in [0, 0.1) is 0 Å². The second-order valence-corrected chi connectivity index (χ2v) is 2.84. The maximum absolute atomic E-state index is 11.5. The molecule has 0 bridgehead atoms. The van der Waals surface area contributed by atoms with Crippen molar-refractivity contribution in [2.24, 2.45) is 0 Å². The van der Waals surface area contributed by atoms with Gasteiger partial charge in [-0.3, -0.25) is 0 Å². The third-order valence-corrected chi connectivity index (χ3v) is 1.52. The summed E-state index contributed by atoms with van der Waals surface area (Å²) in [6.45, 7) is 6.10. The second kappa shape index (κ2) is 8.76. The number of rotatable bonds is 7. The van der Waals surface area contributed by atoms with E-state index in [0.29, 0.717) is 13.0 Å². The third kappa shape index (κ3) is 5.38. The van der Waals surface area contributed by atoms with Gasteiger partial charge in [0.25, 0.3) is 0 Å². The van der Waals surface area contributed by atoms with E-state index in [1.807, 2.05) is 6.92 Å². The molecule has 0 aromatic rings. The van der Waals surface area contributed by atoms with Crippen LogP contribution in [-0.2, 0) is 23.8 Å². The molecular formula is C11H18O5. The molecule has 0 aliphatic carbocycles. The van der Waals surface area contributed by atoms with Gasteiger partial charge in [-0.25, -0.2) is 9.59 Å². The molecule has 5 heteroatoms. The van der Waals surface area contributed by atoms with Gasteiger partial charge in [-0.1, -0.05) is 6.92 Å². The average molecular weight is 230 g/mol. The monoisotopic (exact) mass is 230 g/mol. The third-order valence-electron chi connectivity index (χ3n) is 1.52. The minimum absolute atomic E-state index is 0.198. The molecule has 0 spiro atoms. The molecular weight excluding hydrogens is 212 g/mol. The molecule has 0 saturated heterocycles. The molecule has 0 fully saturated rings. The highest BCUT2D eigenvalue weighted by Gasteiger charge is 2.21. The fourth-order valence-electron chi connectivity index (χ4n) is 0.828. The van der Waals surface area contributed by atoms with Crippen molar-refractivity contribution in [1.29, 1.82) is 0 Å². The minimum atomic E-state index is -0.725. The summed E-state index contributed by atoms with van der Waals surface area (Å²) in [7, 11) is 0. The van der Waals surface area contributed by atoms with Crippen LogP contribution in [0.4, 0.5) is 0 Å². The summed E-state index contributed by atoms with van der Waals surface area (Å²) in [6, 6.07) is 0. The SMILES string of the molecule is CCCOC(=O)C(=COCC)C(=O)OCC. The van der Waals surface area contributed by atoms with Crippen molar-refractivity contribution in [1.82, 2.24) is 0 Å². The molecule has 0 aliphatic rings. The molecule has 0 saturated carbocycles. The van der Waals surface area contributed by atoms with Crippen molar-refractivity contribution in [3.8, 4) is 0 Å². The van der Waals surface area contributed by atoms with Gasteiger partial charge in [-0.15, -0.1) is 0 Å². The predicted octanol–water partition coefficient (Wildman–Crippen LogP) is 1.42. The van der Waals surface area contributed by atoms with E-state index < -0.39 is 11.9 Å². The lowest BCUT2D eigenvalue weighted by molar-refractivity contribution is -0.147. The molecule has 92 valence electrons. The van der Waals surface area contributed by atoms with Crippen molar-refractivity contribution >= 4 is 11.9 Å². The van der Waals surface area contributed by atoms with Crippen molar-refractivity contribution in [2.75, 3.05) is 19.8 Å². The molecule has 0 radical (unpaired) electrons. The Morgan fingerprint density at radius 3 is 2.12 bits per heavy atom. The molecule has 0 aromatic heterocycles. The van der Waals surface area contributed by atoms with Gasteiger partial charge in [0.1, 0.15) is 6.26 Å². The summed E-state index contributed by atoms with van der Waals surface area (Å²) in [6.07, 6.45) is 1.77. The number of esters is 2. The van der Waals surface area contributed by atoms with Gasteiger partial charge in [0.2, 0.25) is 0 Å². The molecule has 0 aliphatic heterocycles. The summed E-state index contributed by atoms with van der Waals surface area (Å²) < 4.78 is 14.4. The average Bonchev–Trinajstić information content (AvgIpc) is 2.27. The molecule has 0 atom stereocenters. The zero-order chi connectivity index (χ0) is 12.4. The summed E-state index contributed by atoms with van der Waals surface area (Å²) in [4.78, 5) is 22.8. The Hall–Kier alpha value is -1.52. The highest BCUT2D eigenvalue weighted by molar-refractivity contribution is 6.13. The zero-order valence-electron chi connectivity index (χ0n) is 9.95. The Labute approximate surface area is 95.4 Å². The normalized spacial score (nSPS) is 10.8. The van der Waals surface area contributed by atoms with E-state index in [1.54, 1.807) is 13.8 Å². The quantitative estimate of drug-likeness (QED) is 0.218. The summed E-state index contributed by atoms with van der Waals surface area (Å²) >= 11 is 0. The topological polar surface area (TPSA) is 61.8 Å². The Kier molecular flexibility index (Phi) is 7.93. The van der Waals surface area contributed by atoms with Crippen molar-refractivity contribution < 1.29 is 23.8 Å². The first kappa shape index (κ1) is 14.5. The standard InChI is InChI=1S/C11H18O5/c1-4-7-16-11(13)9(8-14-5-2)10(12)15-6-3/h8H,4-7H2,1-3H3. The Balaban J connectivity index is 4.53. The molecule has 0 heterocycles. The largest absolute Gasteiger partial charge is 0.500 e. The predicted molar refractivity (Wildman–Crippen MR) is 57.6 cm³/mol. The molecule has 0 aromatic carbocycles. The number of carbonyl (C=O) groups excluding carboxylic acids is 2. The van der Waals surface area contributed by atoms with Gasteiger partial charge in [-0.05, 0) is 20.3 Å². The van der Waals surface area contributed by atoms with Crippen LogP contribution in [0.15, 0.2) is 11.8 Å². The van der Waals surface area contributed by atoms with E-state index >= 15 is 0 Å². The number of hydrogen-bond acceptors (Lipinski definition) is 5. The highest BCUT2D eigenvalue weighted by Crippen LogP contribution is 2.03. The lowest BCUT2D eigenvalue weighted by Gasteiger charge is -2.06. The lowest BCUT2D eigenvalue weighted by atomic mass is 10.3. The maximum atomic E-state index is 11.5. The van der Waals surface area contributed by atoms with Crippen LogP contribution in [0.2, 0.25) is 0 Å². The van der Waals surface area contributed by atoms with E-state index in [-0.39, 0.29) is 18.8 Å². The Morgan fingerprint density at radius 1 is 1.00 bits per heavy atom. The molecule has 0 rings (SSSR count). The lowest BCUT2D eigenvalue weighted by Crippen LogP contribution is -2.19. The fraction of sp³-hybridized carbons (Fsp3) is 0.636. The van der Waals surface area contributed by atoms with Crippen molar-refractivity contribution in [3.05, 3.63) is 11.8 Å². The fourth-order valence-corrected chi connectivity index (χ4v) is 0.828. The second-order valence-electron chi connectivity index (χ2n) is 2.84. The van der Waals surface area contributed by atoms with E-state index in [1.165, 1.54) is 0 Å². The van der Waals surface area contributed by atoms with E-state index in [2.05, 4.69) is 0 Å². The van der Waals surface area contributed by atoms with Crippen LogP contribution < -0.4 is 0 Å². The van der Waals surface area contributed by atoms with Crippen molar-refractivity contribution in [3.63, 3.8) is 0 Å². The van der Waals surface area contributed by atoms with Gasteiger partial charge in [0.15, 0.2) is 5.57 Å². The summed E-state index contributed by atoms with van der Waals surface area (Å²) in [5.74, 6) is -1.44. The highest BCUT2D eigenvalue weighted by atomic mass is 16.6. The smallest absolute Gasteiger partial charge is 0.348 e. The van der Waals surface area contributed by atoms with Crippen LogP contribution in [0.3, 0.4) is 0 Å². The van der Waals surface area contributed by atoms with Gasteiger partial charge >= 0.3 is 11.9 Å². The Morgan fingerprint density at radius 2 is 1.62 bits per heavy atom. The number of hydrogen-bond donors (Lipinski definition) is 0. The molecule has 0 unspecified atom stereocenters. The molecule has 0 N–H and O–H groups in total. The zero-order valence-corrected chi connectivity index (χ0v) is 9.95. The van der Waals surface area contributed by atoms with Crippen LogP contribution in [0.25, 0.3) is 0 Å². The van der Waals surface area contributed by atoms with Gasteiger partial charge < -0.3 is 14.2 Å². The van der Waals surface area contributed by atoms with E-state index in [0.717, 1.165) is 6.26 Å². The molecule has 16 heavy (non-hydrogen) atoms. The van der Waals surface area contributed by atoms with Gasteiger partial charge in [0.05, 0.1) is 19.8 Å². The van der Waals surface area contributed by atoms with Crippen LogP contribution in [-0.4, -0.2) is 31.8 Å². The van der Waals surface area contributed by atoms with Crippen LogP contribution >= 0.6 is 0 Å². The number of ether oxygens (including phenoxy) is 3.